The van der Waals surface area contributed by atoms with E-state index in [0.29, 0.717) is 18.7 Å². The molecule has 2 amide bonds. The number of aryl methyl sites for hydroxylation is 1. The normalized spacial score (nSPS) is 15.0. The summed E-state index contributed by atoms with van der Waals surface area (Å²) < 4.78 is 10.8. The lowest BCUT2D eigenvalue weighted by molar-refractivity contribution is 0.0918. The van der Waals surface area contributed by atoms with Gasteiger partial charge in [0.1, 0.15) is 5.76 Å². The molecule has 0 atom stereocenters. The van der Waals surface area contributed by atoms with Gasteiger partial charge in [-0.15, -0.1) is 0 Å². The third-order valence-corrected chi connectivity index (χ3v) is 4.10. The van der Waals surface area contributed by atoms with E-state index in [1.807, 2.05) is 13.8 Å². The molecule has 2 aromatic heterocycles. The molecule has 0 radical (unpaired) electrons. The molecular weight excluding hydrogens is 322 g/mol. The largest absolute Gasteiger partial charge is 0.459 e. The van der Waals surface area contributed by atoms with Gasteiger partial charge in [0, 0.05) is 24.1 Å². The van der Waals surface area contributed by atoms with E-state index in [9.17, 15) is 9.59 Å². The van der Waals surface area contributed by atoms with Gasteiger partial charge in [-0.3, -0.25) is 9.59 Å². The van der Waals surface area contributed by atoms with Crippen LogP contribution in [0.1, 0.15) is 64.2 Å². The first-order valence-corrected chi connectivity index (χ1v) is 8.43. The fourth-order valence-electron chi connectivity index (χ4n) is 2.90. The number of carbonyl (C=O) groups is 2. The van der Waals surface area contributed by atoms with Gasteiger partial charge >= 0.3 is 5.91 Å². The maximum absolute atomic E-state index is 12.2. The molecule has 2 N–H and O–H groups in total. The molecule has 0 aromatic carbocycles. The summed E-state index contributed by atoms with van der Waals surface area (Å²) in [6.07, 6.45) is 4.61. The molecule has 0 saturated heterocycles. The van der Waals surface area contributed by atoms with Crippen molar-refractivity contribution in [2.75, 3.05) is 6.54 Å². The summed E-state index contributed by atoms with van der Waals surface area (Å²) in [4.78, 5) is 24.2. The number of hydrogen-bond donors (Lipinski definition) is 2. The first-order chi connectivity index (χ1) is 12.1. The van der Waals surface area contributed by atoms with Gasteiger partial charge in [0.15, 0.2) is 11.5 Å². The topological polar surface area (TPSA) is 96.8 Å². The van der Waals surface area contributed by atoms with E-state index in [4.69, 9.17) is 8.83 Å². The van der Waals surface area contributed by atoms with Gasteiger partial charge in [-0.25, -0.2) is 5.43 Å². The lowest BCUT2D eigenvalue weighted by Crippen LogP contribution is -2.24. The van der Waals surface area contributed by atoms with Gasteiger partial charge in [0.25, 0.3) is 5.91 Å². The Balaban J connectivity index is 1.83. The van der Waals surface area contributed by atoms with Crippen LogP contribution in [0, 0.1) is 6.92 Å². The SMILES string of the molecule is CCCNC(=O)c1oc2c(c1C)/C(=N/NC(=O)c1ccco1)CCC2. The molecule has 1 aliphatic carbocycles. The number of carbonyl (C=O) groups excluding carboxylic acids is 2. The Bertz CT molecular complexity index is 803. The zero-order valence-corrected chi connectivity index (χ0v) is 14.3. The third-order valence-electron chi connectivity index (χ3n) is 4.10. The van der Waals surface area contributed by atoms with Crippen molar-refractivity contribution >= 4 is 17.5 Å². The smallest absolute Gasteiger partial charge is 0.307 e. The van der Waals surface area contributed by atoms with Crippen LogP contribution in [0.5, 0.6) is 0 Å². The third kappa shape index (κ3) is 3.50. The molecule has 0 unspecified atom stereocenters. The molecule has 0 aliphatic heterocycles. The summed E-state index contributed by atoms with van der Waals surface area (Å²) in [7, 11) is 0. The zero-order valence-electron chi connectivity index (χ0n) is 14.3. The number of hydrogen-bond acceptors (Lipinski definition) is 5. The predicted octanol–water partition coefficient (Wildman–Crippen LogP) is 2.79. The number of furan rings is 2. The molecule has 0 saturated carbocycles. The van der Waals surface area contributed by atoms with Crippen molar-refractivity contribution in [1.82, 2.24) is 10.7 Å². The molecule has 7 heteroatoms. The van der Waals surface area contributed by atoms with Crippen molar-refractivity contribution in [3.8, 4) is 0 Å². The second-order valence-corrected chi connectivity index (χ2v) is 5.94. The van der Waals surface area contributed by atoms with Crippen LogP contribution < -0.4 is 10.7 Å². The van der Waals surface area contributed by atoms with Crippen molar-refractivity contribution in [2.45, 2.75) is 39.5 Å². The van der Waals surface area contributed by atoms with Gasteiger partial charge in [0.05, 0.1) is 12.0 Å². The number of fused-ring (bicyclic) bond motifs is 1. The van der Waals surface area contributed by atoms with E-state index in [1.54, 1.807) is 12.1 Å². The van der Waals surface area contributed by atoms with Crippen LogP contribution in [0.3, 0.4) is 0 Å². The number of nitrogens with one attached hydrogen (secondary N) is 2. The lowest BCUT2D eigenvalue weighted by Gasteiger charge is -2.13. The Morgan fingerprint density at radius 2 is 2.12 bits per heavy atom. The summed E-state index contributed by atoms with van der Waals surface area (Å²) in [6.45, 7) is 4.44. The van der Waals surface area contributed by atoms with Crippen LogP contribution in [-0.4, -0.2) is 24.1 Å². The molecule has 25 heavy (non-hydrogen) atoms. The molecule has 2 heterocycles. The highest BCUT2D eigenvalue weighted by molar-refractivity contribution is 6.07. The van der Waals surface area contributed by atoms with Gasteiger partial charge in [0.2, 0.25) is 0 Å². The van der Waals surface area contributed by atoms with Gasteiger partial charge in [-0.1, -0.05) is 6.92 Å². The van der Waals surface area contributed by atoms with Crippen LogP contribution in [0.15, 0.2) is 32.3 Å². The average Bonchev–Trinajstić information content (AvgIpc) is 3.26. The molecule has 7 nitrogen and oxygen atoms in total. The Morgan fingerprint density at radius 3 is 2.84 bits per heavy atom. The lowest BCUT2D eigenvalue weighted by atomic mass is 9.93. The monoisotopic (exact) mass is 343 g/mol. The Morgan fingerprint density at radius 1 is 1.28 bits per heavy atom. The molecule has 0 spiro atoms. The van der Waals surface area contributed by atoms with Crippen molar-refractivity contribution in [2.24, 2.45) is 5.10 Å². The molecule has 0 fully saturated rings. The van der Waals surface area contributed by atoms with E-state index < -0.39 is 5.91 Å². The average molecular weight is 343 g/mol. The summed E-state index contributed by atoms with van der Waals surface area (Å²) in [5, 5.41) is 7.07. The van der Waals surface area contributed by atoms with Crippen LogP contribution in [0.25, 0.3) is 0 Å². The van der Waals surface area contributed by atoms with Gasteiger partial charge in [-0.05, 0) is 38.3 Å². The van der Waals surface area contributed by atoms with Crippen molar-refractivity contribution < 1.29 is 18.4 Å². The standard InChI is InChI=1S/C18H21N3O4/c1-3-9-19-18(23)16-11(2)15-12(6-4-7-13(15)25-16)20-21-17(22)14-8-5-10-24-14/h5,8,10H,3-4,6-7,9H2,1-2H3,(H,19,23)(H,21,22)/b20-12+. The molecule has 2 aromatic rings. The van der Waals surface area contributed by atoms with Gasteiger partial charge in [-0.2, -0.15) is 5.10 Å². The van der Waals surface area contributed by atoms with Gasteiger partial charge < -0.3 is 14.2 Å². The molecule has 3 rings (SSSR count). The highest BCUT2D eigenvalue weighted by Crippen LogP contribution is 2.29. The number of rotatable bonds is 5. The van der Waals surface area contributed by atoms with E-state index in [2.05, 4.69) is 15.8 Å². The molecule has 0 bridgehead atoms. The fraction of sp³-hybridized carbons (Fsp3) is 0.389. The van der Waals surface area contributed by atoms with E-state index >= 15 is 0 Å². The quantitative estimate of drug-likeness (QED) is 0.816. The number of hydrazone groups is 1. The molecular formula is C18H21N3O4. The first kappa shape index (κ1) is 17.0. The van der Waals surface area contributed by atoms with Crippen molar-refractivity contribution in [1.29, 1.82) is 0 Å². The summed E-state index contributed by atoms with van der Waals surface area (Å²) in [5.74, 6) is 0.644. The summed E-state index contributed by atoms with van der Waals surface area (Å²) in [6, 6.07) is 3.21. The summed E-state index contributed by atoms with van der Waals surface area (Å²) >= 11 is 0. The first-order valence-electron chi connectivity index (χ1n) is 8.43. The second-order valence-electron chi connectivity index (χ2n) is 5.94. The van der Waals surface area contributed by atoms with Crippen LogP contribution in [0.2, 0.25) is 0 Å². The zero-order chi connectivity index (χ0) is 17.8. The minimum atomic E-state index is -0.410. The minimum absolute atomic E-state index is 0.198. The Hall–Kier alpha value is -2.83. The second kappa shape index (κ2) is 7.38. The van der Waals surface area contributed by atoms with E-state index in [1.165, 1.54) is 6.26 Å². The predicted molar refractivity (Wildman–Crippen MR) is 91.7 cm³/mol. The maximum atomic E-state index is 12.2. The fourth-order valence-corrected chi connectivity index (χ4v) is 2.90. The summed E-state index contributed by atoms with van der Waals surface area (Å²) in [5.41, 5.74) is 4.81. The number of nitrogens with zero attached hydrogens (tertiary/aromatic N) is 1. The number of amides is 2. The van der Waals surface area contributed by atoms with E-state index in [0.717, 1.165) is 41.9 Å². The Labute approximate surface area is 145 Å². The van der Waals surface area contributed by atoms with Crippen LogP contribution >= 0.6 is 0 Å². The Kier molecular flexibility index (Phi) is 5.02. The molecule has 1 aliphatic rings. The van der Waals surface area contributed by atoms with E-state index in [-0.39, 0.29) is 11.7 Å². The highest BCUT2D eigenvalue weighted by atomic mass is 16.4. The minimum Gasteiger partial charge on any atom is -0.459 e. The van der Waals surface area contributed by atoms with Crippen LogP contribution in [0.4, 0.5) is 0 Å². The van der Waals surface area contributed by atoms with Crippen molar-refractivity contribution in [3.05, 3.63) is 46.8 Å². The molecule has 132 valence electrons. The highest BCUT2D eigenvalue weighted by Gasteiger charge is 2.28. The maximum Gasteiger partial charge on any atom is 0.307 e. The van der Waals surface area contributed by atoms with Crippen LogP contribution in [-0.2, 0) is 6.42 Å². The van der Waals surface area contributed by atoms with Crippen molar-refractivity contribution in [3.63, 3.8) is 0 Å².